The molecule has 0 spiro atoms. The van der Waals surface area contributed by atoms with E-state index in [0.29, 0.717) is 0 Å². The van der Waals surface area contributed by atoms with Crippen LogP contribution in [0.1, 0.15) is 71.1 Å². The number of nitrogens with zero attached hydrogens (tertiary/aromatic N) is 1. The average molecular weight is 637 g/mol. The number of hydrogen-bond donors (Lipinski definition) is 2. The van der Waals surface area contributed by atoms with Gasteiger partial charge in [0.1, 0.15) is 0 Å². The van der Waals surface area contributed by atoms with Gasteiger partial charge in [-0.3, -0.25) is 19.2 Å². The molecule has 0 aromatic carbocycles. The summed E-state index contributed by atoms with van der Waals surface area (Å²) in [7, 11) is 0. The highest BCUT2D eigenvalue weighted by atomic mass is 79.9. The van der Waals surface area contributed by atoms with Crippen molar-refractivity contribution in [3.8, 4) is 23.7 Å². The van der Waals surface area contributed by atoms with Gasteiger partial charge in [0, 0.05) is 49.6 Å². The van der Waals surface area contributed by atoms with Crippen LogP contribution in [0.2, 0.25) is 0 Å². The molecule has 0 fully saturated rings. The molecule has 0 aromatic heterocycles. The average Bonchev–Trinajstić information content (AvgIpc) is 2.85. The lowest BCUT2D eigenvalue weighted by molar-refractivity contribution is -0.153. The normalized spacial score (nSPS) is 9.36. The van der Waals surface area contributed by atoms with Crippen molar-refractivity contribution in [2.75, 3.05) is 30.5 Å². The minimum Gasteiger partial charge on any atom is -0.449 e. The zero-order valence-corrected chi connectivity index (χ0v) is 23.8. The molecule has 0 unspecified atom stereocenters. The largest absolute Gasteiger partial charge is 0.449 e. The Morgan fingerprint density at radius 3 is 1.47 bits per heavy atom. The van der Waals surface area contributed by atoms with Crippen molar-refractivity contribution in [3.05, 3.63) is 0 Å². The zero-order valence-electron chi connectivity index (χ0n) is 20.7. The van der Waals surface area contributed by atoms with Crippen molar-refractivity contribution in [1.82, 2.24) is 4.90 Å². The van der Waals surface area contributed by atoms with Crippen LogP contribution in [0.3, 0.4) is 0 Å². The van der Waals surface area contributed by atoms with Gasteiger partial charge in [0.15, 0.2) is 0 Å². The number of alkyl halides is 2. The van der Waals surface area contributed by atoms with Crippen LogP contribution in [0.4, 0.5) is 4.79 Å². The van der Waals surface area contributed by atoms with Crippen LogP contribution < -0.4 is 0 Å². The second kappa shape index (κ2) is 26.0. The minimum absolute atomic E-state index is 0.0422. The highest BCUT2D eigenvalue weighted by molar-refractivity contribution is 9.09. The SMILES string of the molecule is CCOC(=O)N(C(=O)C(=O)CCBr)C(=O)C(=O)CCBr.OCCCCCC#CC#CCCCCCO. The summed E-state index contributed by atoms with van der Waals surface area (Å²) in [6.45, 7) is 1.92. The Morgan fingerprint density at radius 1 is 0.722 bits per heavy atom. The van der Waals surface area contributed by atoms with Crippen LogP contribution in [0, 0.1) is 23.7 Å². The maximum atomic E-state index is 11.8. The predicted octanol–water partition coefficient (Wildman–Crippen LogP) is 3.30. The molecule has 0 aliphatic carbocycles. The molecule has 0 atom stereocenters. The first-order valence-corrected chi connectivity index (χ1v) is 14.0. The smallest absolute Gasteiger partial charge is 0.424 e. The zero-order chi connectivity index (χ0) is 27.6. The fourth-order valence-electron chi connectivity index (χ4n) is 2.30. The summed E-state index contributed by atoms with van der Waals surface area (Å²) in [5.41, 5.74) is 0. The van der Waals surface area contributed by atoms with Crippen molar-refractivity contribution in [2.24, 2.45) is 0 Å². The lowest BCUT2D eigenvalue weighted by Gasteiger charge is -2.16. The number of rotatable bonds is 15. The molecule has 0 aromatic rings. The molecule has 0 saturated heterocycles. The monoisotopic (exact) mass is 635 g/mol. The van der Waals surface area contributed by atoms with Gasteiger partial charge in [-0.1, -0.05) is 56.5 Å². The van der Waals surface area contributed by atoms with Crippen LogP contribution >= 0.6 is 31.9 Å². The Kier molecular flexibility index (Phi) is 26.1. The van der Waals surface area contributed by atoms with Gasteiger partial charge in [0.25, 0.3) is 0 Å². The highest BCUT2D eigenvalue weighted by Gasteiger charge is 2.37. The van der Waals surface area contributed by atoms with Crippen LogP contribution in [0.15, 0.2) is 0 Å². The maximum Gasteiger partial charge on any atom is 0.424 e. The van der Waals surface area contributed by atoms with Crippen LogP contribution in [-0.2, 0) is 23.9 Å². The second-order valence-corrected chi connectivity index (χ2v) is 8.63. The summed E-state index contributed by atoms with van der Waals surface area (Å²) >= 11 is 5.92. The molecule has 0 rings (SSSR count). The third kappa shape index (κ3) is 19.2. The highest BCUT2D eigenvalue weighted by Crippen LogP contribution is 2.04. The first-order chi connectivity index (χ1) is 17.3. The van der Waals surface area contributed by atoms with Gasteiger partial charge in [-0.2, -0.15) is 4.90 Å². The van der Waals surface area contributed by atoms with Gasteiger partial charge in [0.2, 0.25) is 11.6 Å². The molecule has 36 heavy (non-hydrogen) atoms. The number of aliphatic hydroxyl groups is 2. The molecule has 0 radical (unpaired) electrons. The number of hydrogen-bond acceptors (Lipinski definition) is 8. The summed E-state index contributed by atoms with van der Waals surface area (Å²) in [5, 5.41) is 17.5. The van der Waals surface area contributed by atoms with E-state index in [4.69, 9.17) is 10.2 Å². The topological polar surface area (TPSA) is 138 Å². The summed E-state index contributed by atoms with van der Waals surface area (Å²) in [5.74, 6) is 7.01. The Hall–Kier alpha value is -2.05. The third-order valence-electron chi connectivity index (χ3n) is 4.14. The lowest BCUT2D eigenvalue weighted by atomic mass is 10.2. The molecule has 0 heterocycles. The quantitative estimate of drug-likeness (QED) is 0.121. The Morgan fingerprint density at radius 2 is 1.14 bits per heavy atom. The van der Waals surface area contributed by atoms with Crippen molar-refractivity contribution in [2.45, 2.75) is 71.1 Å². The summed E-state index contributed by atoms with van der Waals surface area (Å²) in [4.78, 5) is 58.0. The van der Waals surface area contributed by atoms with Crippen molar-refractivity contribution in [3.63, 3.8) is 0 Å². The second-order valence-electron chi connectivity index (χ2n) is 7.04. The number of ether oxygens (including phenoxy) is 1. The van der Waals surface area contributed by atoms with Crippen LogP contribution in [0.25, 0.3) is 0 Å². The van der Waals surface area contributed by atoms with Gasteiger partial charge in [-0.05, 0) is 44.4 Å². The minimum atomic E-state index is -1.36. The van der Waals surface area contributed by atoms with E-state index in [2.05, 4.69) is 60.3 Å². The molecule has 202 valence electrons. The fraction of sp³-hybridized carbons (Fsp3) is 0.640. The van der Waals surface area contributed by atoms with Gasteiger partial charge in [-0.25, -0.2) is 4.79 Å². The van der Waals surface area contributed by atoms with E-state index < -0.39 is 29.5 Å². The van der Waals surface area contributed by atoms with Crippen LogP contribution in [-0.4, -0.2) is 75.1 Å². The number of ketones is 2. The number of amides is 3. The van der Waals surface area contributed by atoms with E-state index in [-0.39, 0.29) is 48.2 Å². The predicted molar refractivity (Wildman–Crippen MR) is 142 cm³/mol. The fourth-order valence-corrected chi connectivity index (χ4v) is 3.02. The van der Waals surface area contributed by atoms with Gasteiger partial charge < -0.3 is 14.9 Å². The maximum absolute atomic E-state index is 11.8. The number of unbranched alkanes of at least 4 members (excludes halogenated alkanes) is 6. The van der Waals surface area contributed by atoms with Crippen molar-refractivity contribution in [1.29, 1.82) is 0 Å². The number of aliphatic hydroxyl groups excluding tert-OH is 2. The van der Waals surface area contributed by atoms with Crippen molar-refractivity contribution >= 4 is 61.3 Å². The number of halogens is 2. The molecule has 2 N–H and O–H groups in total. The molecule has 0 bridgehead atoms. The van der Waals surface area contributed by atoms with Gasteiger partial charge >= 0.3 is 17.9 Å². The molecule has 0 aliphatic heterocycles. The van der Waals surface area contributed by atoms with E-state index in [1.807, 2.05) is 0 Å². The molecule has 3 amide bonds. The number of carbonyl (C=O) groups is 5. The Labute approximate surface area is 230 Å². The first kappa shape index (κ1) is 36.1. The van der Waals surface area contributed by atoms with E-state index in [1.54, 1.807) is 0 Å². The molecule has 0 aliphatic rings. The molecule has 0 saturated carbocycles. The lowest BCUT2D eigenvalue weighted by Crippen LogP contribution is -2.48. The third-order valence-corrected chi connectivity index (χ3v) is 4.93. The standard InChI is InChI=1S/C14H22O2.C11H13Br2NO6/c15-13-11-9-7-5-3-1-2-4-6-8-10-12-14-16;1-2-20-11(19)14(9(17)7(15)3-5-12)10(18)8(16)4-6-13/h15-16H,5-14H2;2-6H2,1H3. The number of Topliss-reactive ketones (excluding diaryl/α,β-unsaturated/α-hetero) is 2. The number of carbonyl (C=O) groups excluding carboxylic acids is 5. The summed E-state index contributed by atoms with van der Waals surface area (Å²) < 4.78 is 4.52. The Balaban J connectivity index is 0. The first-order valence-electron chi connectivity index (χ1n) is 11.7. The molecule has 11 heteroatoms. The van der Waals surface area contributed by atoms with E-state index in [9.17, 15) is 24.0 Å². The van der Waals surface area contributed by atoms with Gasteiger partial charge in [0.05, 0.1) is 6.61 Å². The molecular weight excluding hydrogens is 602 g/mol. The van der Waals surface area contributed by atoms with E-state index >= 15 is 0 Å². The van der Waals surface area contributed by atoms with Crippen LogP contribution in [0.5, 0.6) is 0 Å². The van der Waals surface area contributed by atoms with E-state index in [0.717, 1.165) is 51.4 Å². The molecule has 9 nitrogen and oxygen atoms in total. The summed E-state index contributed by atoms with van der Waals surface area (Å²) in [6.07, 6.45) is 5.95. The van der Waals surface area contributed by atoms with Gasteiger partial charge in [-0.15, -0.1) is 0 Å². The molecular formula is C25H35Br2NO8. The van der Waals surface area contributed by atoms with Crippen molar-refractivity contribution < 1.29 is 38.9 Å². The van der Waals surface area contributed by atoms with E-state index in [1.165, 1.54) is 6.92 Å². The summed E-state index contributed by atoms with van der Waals surface area (Å²) in [6, 6.07) is 0. The number of imide groups is 3. The Bertz CT molecular complexity index is 750.